The molecule has 7 heteroatoms. The van der Waals surface area contributed by atoms with E-state index in [0.29, 0.717) is 39.7 Å². The monoisotopic (exact) mass is 443 g/mol. The molecule has 5 rings (SSSR count). The van der Waals surface area contributed by atoms with Crippen molar-refractivity contribution < 1.29 is 28.1 Å². The molecule has 0 saturated heterocycles. The number of allylic oxidation sites excluding steroid dienone is 2. The molecule has 0 saturated carbocycles. The van der Waals surface area contributed by atoms with E-state index in [1.54, 1.807) is 32.4 Å². The summed E-state index contributed by atoms with van der Waals surface area (Å²) in [7, 11) is 3.12. The molecule has 6 nitrogen and oxygen atoms in total. The van der Waals surface area contributed by atoms with E-state index in [1.165, 1.54) is 24.3 Å². The normalized spacial score (nSPS) is 16.9. The zero-order valence-corrected chi connectivity index (χ0v) is 17.8. The lowest BCUT2D eigenvalue weighted by Gasteiger charge is -2.21. The van der Waals surface area contributed by atoms with Gasteiger partial charge in [-0.1, -0.05) is 18.2 Å². The number of methoxy groups -OCH3 is 2. The molecule has 164 valence electrons. The van der Waals surface area contributed by atoms with Gasteiger partial charge in [0.15, 0.2) is 17.2 Å². The van der Waals surface area contributed by atoms with Crippen LogP contribution in [0.1, 0.15) is 16.7 Å². The highest BCUT2D eigenvalue weighted by atomic mass is 19.1. The van der Waals surface area contributed by atoms with Crippen LogP contribution in [0, 0.1) is 5.82 Å². The van der Waals surface area contributed by atoms with Crippen LogP contribution in [-0.4, -0.2) is 26.1 Å². The SMILES string of the molecule is COc1ccc(C2=CC(=C3N=C(c4ccc(F)cc4)OC3=O)c3ccccc3O2)cc1OC. The van der Waals surface area contributed by atoms with Crippen molar-refractivity contribution in [2.24, 2.45) is 4.99 Å². The Morgan fingerprint density at radius 3 is 2.33 bits per heavy atom. The fourth-order valence-electron chi connectivity index (χ4n) is 3.65. The molecule has 0 radical (unpaired) electrons. The maximum Gasteiger partial charge on any atom is 0.364 e. The first kappa shape index (κ1) is 20.5. The van der Waals surface area contributed by atoms with Gasteiger partial charge in [-0.05, 0) is 54.6 Å². The van der Waals surface area contributed by atoms with Crippen LogP contribution in [0.3, 0.4) is 0 Å². The molecule has 0 unspecified atom stereocenters. The molecule has 0 fully saturated rings. The van der Waals surface area contributed by atoms with Gasteiger partial charge in [0.1, 0.15) is 17.3 Å². The Hall–Kier alpha value is -4.39. The minimum absolute atomic E-state index is 0.118. The van der Waals surface area contributed by atoms with E-state index in [9.17, 15) is 9.18 Å². The van der Waals surface area contributed by atoms with Gasteiger partial charge in [0.05, 0.1) is 14.2 Å². The first-order valence-corrected chi connectivity index (χ1v) is 10.1. The van der Waals surface area contributed by atoms with Crippen LogP contribution in [-0.2, 0) is 9.53 Å². The summed E-state index contributed by atoms with van der Waals surface area (Å²) < 4.78 is 35.5. The lowest BCUT2D eigenvalue weighted by Crippen LogP contribution is -2.08. The molecular weight excluding hydrogens is 425 g/mol. The summed E-state index contributed by atoms with van der Waals surface area (Å²) in [6.45, 7) is 0. The van der Waals surface area contributed by atoms with Gasteiger partial charge in [-0.2, -0.15) is 0 Å². The van der Waals surface area contributed by atoms with Crippen molar-refractivity contribution in [1.82, 2.24) is 0 Å². The smallest absolute Gasteiger partial charge is 0.364 e. The maximum atomic E-state index is 13.3. The number of hydrogen-bond donors (Lipinski definition) is 0. The Kier molecular flexibility index (Phi) is 5.14. The minimum Gasteiger partial charge on any atom is -0.493 e. The van der Waals surface area contributed by atoms with Gasteiger partial charge < -0.3 is 18.9 Å². The average Bonchev–Trinajstić information content (AvgIpc) is 3.24. The third kappa shape index (κ3) is 3.74. The molecule has 2 aliphatic rings. The number of halogens is 1. The molecular formula is C26H18FNO5. The average molecular weight is 443 g/mol. The van der Waals surface area contributed by atoms with Crippen LogP contribution in [0.2, 0.25) is 0 Å². The summed E-state index contributed by atoms with van der Waals surface area (Å²) in [5, 5.41) is 0. The number of cyclic esters (lactones) is 1. The first-order valence-electron chi connectivity index (χ1n) is 10.1. The zero-order valence-electron chi connectivity index (χ0n) is 17.8. The van der Waals surface area contributed by atoms with E-state index >= 15 is 0 Å². The topological polar surface area (TPSA) is 66.4 Å². The quantitative estimate of drug-likeness (QED) is 0.420. The number of aliphatic imine (C=N–C) groups is 1. The van der Waals surface area contributed by atoms with Crippen molar-refractivity contribution in [3.8, 4) is 17.2 Å². The van der Waals surface area contributed by atoms with E-state index in [-0.39, 0.29) is 17.4 Å². The van der Waals surface area contributed by atoms with Gasteiger partial charge >= 0.3 is 5.97 Å². The second kappa shape index (κ2) is 8.27. The molecule has 2 heterocycles. The van der Waals surface area contributed by atoms with Crippen molar-refractivity contribution in [2.45, 2.75) is 0 Å². The van der Waals surface area contributed by atoms with E-state index in [4.69, 9.17) is 18.9 Å². The summed E-state index contributed by atoms with van der Waals surface area (Å²) in [6, 6.07) is 18.4. The van der Waals surface area contributed by atoms with Gasteiger partial charge in [0.2, 0.25) is 5.90 Å². The molecule has 0 atom stereocenters. The number of hydrogen-bond acceptors (Lipinski definition) is 6. The number of ether oxygens (including phenoxy) is 4. The van der Waals surface area contributed by atoms with Crippen LogP contribution in [0.4, 0.5) is 4.39 Å². The highest BCUT2D eigenvalue weighted by Crippen LogP contribution is 2.41. The molecule has 3 aromatic carbocycles. The van der Waals surface area contributed by atoms with Crippen molar-refractivity contribution >= 4 is 23.2 Å². The van der Waals surface area contributed by atoms with Crippen LogP contribution in [0.5, 0.6) is 17.2 Å². The lowest BCUT2D eigenvalue weighted by molar-refractivity contribution is -0.129. The molecule has 0 N–H and O–H groups in total. The number of para-hydroxylation sites is 1. The summed E-state index contributed by atoms with van der Waals surface area (Å²) in [5.41, 5.74) is 2.64. The molecule has 2 aliphatic heterocycles. The number of fused-ring (bicyclic) bond motifs is 1. The van der Waals surface area contributed by atoms with E-state index in [1.807, 2.05) is 30.3 Å². The van der Waals surface area contributed by atoms with Crippen LogP contribution in [0.25, 0.3) is 11.3 Å². The van der Waals surface area contributed by atoms with Crippen molar-refractivity contribution in [3.05, 3.63) is 101 Å². The summed E-state index contributed by atoms with van der Waals surface area (Å²) in [4.78, 5) is 17.2. The predicted octanol–water partition coefficient (Wildman–Crippen LogP) is 4.99. The Morgan fingerprint density at radius 1 is 0.848 bits per heavy atom. The van der Waals surface area contributed by atoms with Crippen molar-refractivity contribution in [3.63, 3.8) is 0 Å². The number of carbonyl (C=O) groups excluding carboxylic acids is 1. The number of carbonyl (C=O) groups is 1. The Bertz CT molecular complexity index is 1360. The summed E-state index contributed by atoms with van der Waals surface area (Å²) in [6.07, 6.45) is 1.75. The molecule has 0 amide bonds. The Labute approximate surface area is 189 Å². The maximum absolute atomic E-state index is 13.3. The minimum atomic E-state index is -0.594. The molecule has 0 aromatic heterocycles. The third-order valence-corrected chi connectivity index (χ3v) is 5.28. The van der Waals surface area contributed by atoms with Crippen molar-refractivity contribution in [2.75, 3.05) is 14.2 Å². The van der Waals surface area contributed by atoms with Crippen molar-refractivity contribution in [1.29, 1.82) is 0 Å². The molecule has 0 bridgehead atoms. The lowest BCUT2D eigenvalue weighted by atomic mass is 9.97. The number of benzene rings is 3. The van der Waals surface area contributed by atoms with Gasteiger partial charge in [0.25, 0.3) is 0 Å². The van der Waals surface area contributed by atoms with Crippen LogP contribution in [0.15, 0.2) is 83.5 Å². The fraction of sp³-hybridized carbons (Fsp3) is 0.0769. The van der Waals surface area contributed by atoms with E-state index in [0.717, 1.165) is 5.56 Å². The van der Waals surface area contributed by atoms with E-state index < -0.39 is 5.97 Å². The first-order chi connectivity index (χ1) is 16.1. The van der Waals surface area contributed by atoms with Crippen LogP contribution >= 0.6 is 0 Å². The molecule has 3 aromatic rings. The number of rotatable bonds is 4. The van der Waals surface area contributed by atoms with E-state index in [2.05, 4.69) is 4.99 Å². The zero-order chi connectivity index (χ0) is 22.9. The van der Waals surface area contributed by atoms with Gasteiger partial charge in [0, 0.05) is 22.3 Å². The molecule has 33 heavy (non-hydrogen) atoms. The standard InChI is InChI=1S/C26H18FNO5/c1-30-21-12-9-16(13-23(21)31-2)22-14-19(18-5-3-4-6-20(18)32-22)24-26(29)33-25(28-24)15-7-10-17(27)11-8-15/h3-14H,1-2H3. The highest BCUT2D eigenvalue weighted by molar-refractivity contribution is 6.15. The summed E-state index contributed by atoms with van der Waals surface area (Å²) >= 11 is 0. The number of nitrogens with zero attached hydrogens (tertiary/aromatic N) is 1. The Balaban J connectivity index is 1.65. The highest BCUT2D eigenvalue weighted by Gasteiger charge is 2.30. The van der Waals surface area contributed by atoms with Gasteiger partial charge in [-0.15, -0.1) is 0 Å². The second-order valence-electron chi connectivity index (χ2n) is 7.25. The fourth-order valence-corrected chi connectivity index (χ4v) is 3.65. The summed E-state index contributed by atoms with van der Waals surface area (Å²) in [5.74, 6) is 1.36. The molecule has 0 aliphatic carbocycles. The largest absolute Gasteiger partial charge is 0.493 e. The van der Waals surface area contributed by atoms with Gasteiger partial charge in [-0.25, -0.2) is 14.2 Å². The van der Waals surface area contributed by atoms with Crippen LogP contribution < -0.4 is 14.2 Å². The predicted molar refractivity (Wildman–Crippen MR) is 121 cm³/mol. The number of esters is 1. The van der Waals surface area contributed by atoms with Gasteiger partial charge in [-0.3, -0.25) is 0 Å². The molecule has 0 spiro atoms. The Morgan fingerprint density at radius 2 is 1.58 bits per heavy atom. The third-order valence-electron chi connectivity index (χ3n) is 5.28. The second-order valence-corrected chi connectivity index (χ2v) is 7.25.